The van der Waals surface area contributed by atoms with E-state index in [1.165, 1.54) is 4.68 Å². The Morgan fingerprint density at radius 2 is 2.05 bits per heavy atom. The fourth-order valence-corrected chi connectivity index (χ4v) is 1.68. The first-order valence-electron chi connectivity index (χ1n) is 5.99. The Kier molecular flexibility index (Phi) is 3.50. The van der Waals surface area contributed by atoms with Crippen molar-refractivity contribution in [3.63, 3.8) is 0 Å². The average Bonchev–Trinajstić information content (AvgIpc) is 2.71. The van der Waals surface area contributed by atoms with Crippen molar-refractivity contribution in [2.75, 3.05) is 5.73 Å². The fraction of sp³-hybridized carbons (Fsp3) is 0.308. The van der Waals surface area contributed by atoms with Gasteiger partial charge in [-0.3, -0.25) is 0 Å². The number of benzene rings is 1. The lowest BCUT2D eigenvalue weighted by Crippen LogP contribution is -2.14. The van der Waals surface area contributed by atoms with Gasteiger partial charge in [0.1, 0.15) is 0 Å². The number of carbonyl (C=O) groups excluding carboxylic acids is 1. The van der Waals surface area contributed by atoms with E-state index in [2.05, 4.69) is 10.3 Å². The SMILES string of the molecule is Cc1ccccc1-n1nnc(C(=O)OC(C)C)c1N. The summed E-state index contributed by atoms with van der Waals surface area (Å²) in [4.78, 5) is 11.8. The molecule has 0 radical (unpaired) electrons. The molecule has 1 aromatic heterocycles. The maximum absolute atomic E-state index is 11.8. The van der Waals surface area contributed by atoms with Gasteiger partial charge < -0.3 is 10.5 Å². The van der Waals surface area contributed by atoms with E-state index < -0.39 is 5.97 Å². The van der Waals surface area contributed by atoms with Crippen molar-refractivity contribution in [1.82, 2.24) is 15.0 Å². The van der Waals surface area contributed by atoms with Gasteiger partial charge in [0.05, 0.1) is 11.8 Å². The summed E-state index contributed by atoms with van der Waals surface area (Å²) in [6, 6.07) is 7.58. The van der Waals surface area contributed by atoms with Gasteiger partial charge in [0.25, 0.3) is 0 Å². The highest BCUT2D eigenvalue weighted by molar-refractivity contribution is 5.92. The number of aromatic nitrogens is 3. The molecule has 6 nitrogen and oxygen atoms in total. The summed E-state index contributed by atoms with van der Waals surface area (Å²) in [5.74, 6) is -0.382. The number of carbonyl (C=O) groups is 1. The second-order valence-corrected chi connectivity index (χ2v) is 4.48. The summed E-state index contributed by atoms with van der Waals surface area (Å²) in [6.45, 7) is 5.46. The zero-order valence-electron chi connectivity index (χ0n) is 11.1. The third-order valence-electron chi connectivity index (χ3n) is 2.58. The Labute approximate surface area is 111 Å². The van der Waals surface area contributed by atoms with Gasteiger partial charge in [0.15, 0.2) is 5.82 Å². The van der Waals surface area contributed by atoms with Crippen LogP contribution in [-0.4, -0.2) is 27.1 Å². The Bertz CT molecular complexity index is 604. The molecule has 0 spiro atoms. The van der Waals surface area contributed by atoms with E-state index in [1.807, 2.05) is 31.2 Å². The molecule has 0 aliphatic heterocycles. The van der Waals surface area contributed by atoms with Crippen LogP contribution < -0.4 is 5.73 Å². The van der Waals surface area contributed by atoms with Gasteiger partial charge >= 0.3 is 5.97 Å². The molecule has 0 fully saturated rings. The fourth-order valence-electron chi connectivity index (χ4n) is 1.68. The number of hydrogen-bond acceptors (Lipinski definition) is 5. The molecule has 6 heteroatoms. The van der Waals surface area contributed by atoms with E-state index in [0.717, 1.165) is 11.3 Å². The van der Waals surface area contributed by atoms with Gasteiger partial charge in [-0.25, -0.2) is 4.79 Å². The molecule has 0 unspecified atom stereocenters. The monoisotopic (exact) mass is 260 g/mol. The lowest BCUT2D eigenvalue weighted by molar-refractivity contribution is 0.0372. The maximum Gasteiger partial charge on any atom is 0.363 e. The van der Waals surface area contributed by atoms with Crippen LogP contribution in [0.3, 0.4) is 0 Å². The van der Waals surface area contributed by atoms with Crippen LogP contribution in [0.15, 0.2) is 24.3 Å². The Morgan fingerprint density at radius 3 is 2.68 bits per heavy atom. The van der Waals surface area contributed by atoms with E-state index in [4.69, 9.17) is 10.5 Å². The van der Waals surface area contributed by atoms with Crippen LogP contribution in [0, 0.1) is 6.92 Å². The minimum atomic E-state index is -0.563. The van der Waals surface area contributed by atoms with Crippen LogP contribution in [0.2, 0.25) is 0 Å². The summed E-state index contributed by atoms with van der Waals surface area (Å²) >= 11 is 0. The first-order valence-corrected chi connectivity index (χ1v) is 5.99. The average molecular weight is 260 g/mol. The van der Waals surface area contributed by atoms with E-state index in [1.54, 1.807) is 13.8 Å². The largest absolute Gasteiger partial charge is 0.458 e. The molecule has 1 aromatic carbocycles. The number of para-hydroxylation sites is 1. The van der Waals surface area contributed by atoms with Crippen LogP contribution >= 0.6 is 0 Å². The van der Waals surface area contributed by atoms with E-state index in [9.17, 15) is 4.79 Å². The molecule has 0 saturated carbocycles. The third kappa shape index (κ3) is 2.57. The second-order valence-electron chi connectivity index (χ2n) is 4.48. The number of rotatable bonds is 3. The third-order valence-corrected chi connectivity index (χ3v) is 2.58. The number of nitrogens with two attached hydrogens (primary N) is 1. The molecule has 19 heavy (non-hydrogen) atoms. The van der Waals surface area contributed by atoms with Gasteiger partial charge in [0, 0.05) is 0 Å². The highest BCUT2D eigenvalue weighted by Crippen LogP contribution is 2.18. The molecule has 2 aromatic rings. The second kappa shape index (κ2) is 5.09. The minimum absolute atomic E-state index is 0.0388. The number of aryl methyl sites for hydroxylation is 1. The first kappa shape index (κ1) is 13.1. The zero-order valence-corrected chi connectivity index (χ0v) is 11.1. The maximum atomic E-state index is 11.8. The zero-order chi connectivity index (χ0) is 14.0. The standard InChI is InChI=1S/C13H16N4O2/c1-8(2)19-13(18)11-12(14)17(16-15-11)10-7-5-4-6-9(10)3/h4-8H,14H2,1-3H3. The number of hydrogen-bond donors (Lipinski definition) is 1. The Hall–Kier alpha value is -2.37. The lowest BCUT2D eigenvalue weighted by atomic mass is 10.2. The van der Waals surface area contributed by atoms with E-state index in [0.29, 0.717) is 0 Å². The number of ether oxygens (including phenoxy) is 1. The molecule has 2 rings (SSSR count). The van der Waals surface area contributed by atoms with Crippen LogP contribution in [-0.2, 0) is 4.74 Å². The van der Waals surface area contributed by atoms with Crippen LogP contribution in [0.1, 0.15) is 29.9 Å². The summed E-state index contributed by atoms with van der Waals surface area (Å²) in [6.07, 6.45) is -0.226. The topological polar surface area (TPSA) is 83.0 Å². The number of nitrogens with zero attached hydrogens (tertiary/aromatic N) is 3. The van der Waals surface area contributed by atoms with Crippen molar-refractivity contribution in [2.24, 2.45) is 0 Å². The molecule has 0 bridgehead atoms. The number of esters is 1. The van der Waals surface area contributed by atoms with Crippen molar-refractivity contribution >= 4 is 11.8 Å². The summed E-state index contributed by atoms with van der Waals surface area (Å²) in [7, 11) is 0. The van der Waals surface area contributed by atoms with Crippen molar-refractivity contribution in [1.29, 1.82) is 0 Å². The molecular formula is C13H16N4O2. The molecule has 0 saturated heterocycles. The first-order chi connectivity index (χ1) is 9.00. The summed E-state index contributed by atoms with van der Waals surface area (Å²) in [5, 5.41) is 7.72. The van der Waals surface area contributed by atoms with Crippen LogP contribution in [0.4, 0.5) is 5.82 Å². The van der Waals surface area contributed by atoms with Crippen LogP contribution in [0.5, 0.6) is 0 Å². The minimum Gasteiger partial charge on any atom is -0.458 e. The van der Waals surface area contributed by atoms with Gasteiger partial charge in [-0.1, -0.05) is 23.4 Å². The molecule has 2 N–H and O–H groups in total. The van der Waals surface area contributed by atoms with E-state index >= 15 is 0 Å². The molecule has 0 aliphatic rings. The van der Waals surface area contributed by atoms with Crippen molar-refractivity contribution in [3.8, 4) is 5.69 Å². The normalized spacial score (nSPS) is 10.7. The molecular weight excluding hydrogens is 244 g/mol. The van der Waals surface area contributed by atoms with Crippen LogP contribution in [0.25, 0.3) is 5.69 Å². The quantitative estimate of drug-likeness (QED) is 0.849. The van der Waals surface area contributed by atoms with Gasteiger partial charge in [-0.15, -0.1) is 5.10 Å². The highest BCUT2D eigenvalue weighted by Gasteiger charge is 2.21. The predicted molar refractivity (Wildman–Crippen MR) is 71.1 cm³/mol. The van der Waals surface area contributed by atoms with Gasteiger partial charge in [-0.2, -0.15) is 4.68 Å². The van der Waals surface area contributed by atoms with Crippen molar-refractivity contribution in [2.45, 2.75) is 26.9 Å². The molecule has 0 aliphatic carbocycles. The summed E-state index contributed by atoms with van der Waals surface area (Å²) in [5.41, 5.74) is 7.73. The smallest absolute Gasteiger partial charge is 0.363 e. The predicted octanol–water partition coefficient (Wildman–Crippen LogP) is 1.72. The summed E-state index contributed by atoms with van der Waals surface area (Å²) < 4.78 is 6.50. The molecule has 0 atom stereocenters. The Morgan fingerprint density at radius 1 is 1.37 bits per heavy atom. The lowest BCUT2D eigenvalue weighted by Gasteiger charge is -2.07. The van der Waals surface area contributed by atoms with Gasteiger partial charge in [0.2, 0.25) is 5.69 Å². The number of anilines is 1. The van der Waals surface area contributed by atoms with E-state index in [-0.39, 0.29) is 17.6 Å². The molecule has 100 valence electrons. The van der Waals surface area contributed by atoms with Crippen molar-refractivity contribution in [3.05, 3.63) is 35.5 Å². The number of nitrogen functional groups attached to an aromatic ring is 1. The highest BCUT2D eigenvalue weighted by atomic mass is 16.5. The van der Waals surface area contributed by atoms with Crippen molar-refractivity contribution < 1.29 is 9.53 Å². The van der Waals surface area contributed by atoms with Gasteiger partial charge in [-0.05, 0) is 32.4 Å². The molecule has 1 heterocycles. The molecule has 0 amide bonds. The Balaban J connectivity index is 2.39.